The molecule has 0 radical (unpaired) electrons. The maximum atomic E-state index is 14.3. The normalized spacial score (nSPS) is 19.8. The zero-order valence-corrected chi connectivity index (χ0v) is 15.4. The molecule has 142 valence electrons. The lowest BCUT2D eigenvalue weighted by Crippen LogP contribution is -2.57. The first-order chi connectivity index (χ1) is 12.7. The fourth-order valence-corrected chi connectivity index (χ4v) is 2.89. The van der Waals surface area contributed by atoms with Gasteiger partial charge < -0.3 is 9.84 Å². The van der Waals surface area contributed by atoms with Crippen molar-refractivity contribution in [3.8, 4) is 5.75 Å². The first-order valence-electron chi connectivity index (χ1n) is 8.08. The van der Waals surface area contributed by atoms with Gasteiger partial charge in [-0.3, -0.25) is 4.79 Å². The molecule has 0 unspecified atom stereocenters. The number of benzene rings is 2. The van der Waals surface area contributed by atoms with Crippen molar-refractivity contribution >= 4 is 23.2 Å². The summed E-state index contributed by atoms with van der Waals surface area (Å²) in [6, 6.07) is 12.2. The number of hydrazone groups is 1. The number of carbonyl (C=O) groups is 1. The Labute approximate surface area is 159 Å². The summed E-state index contributed by atoms with van der Waals surface area (Å²) in [7, 11) is 1.47. The van der Waals surface area contributed by atoms with Crippen molar-refractivity contribution in [2.24, 2.45) is 5.10 Å². The minimum Gasteiger partial charge on any atom is -0.497 e. The van der Waals surface area contributed by atoms with E-state index in [9.17, 15) is 18.7 Å². The second-order valence-electron chi connectivity index (χ2n) is 6.28. The molecule has 0 bridgehead atoms. The molecular formula is C19H17ClF2N2O3. The van der Waals surface area contributed by atoms with E-state index in [2.05, 4.69) is 5.10 Å². The van der Waals surface area contributed by atoms with Crippen LogP contribution in [0.3, 0.4) is 0 Å². The zero-order chi connectivity index (χ0) is 19.8. The predicted molar refractivity (Wildman–Crippen MR) is 97.3 cm³/mol. The van der Waals surface area contributed by atoms with Crippen molar-refractivity contribution in [3.05, 3.63) is 64.7 Å². The highest BCUT2D eigenvalue weighted by Gasteiger charge is 2.59. The Morgan fingerprint density at radius 3 is 2.33 bits per heavy atom. The van der Waals surface area contributed by atoms with E-state index in [0.717, 1.165) is 0 Å². The smallest absolute Gasteiger partial charge is 0.294 e. The third kappa shape index (κ3) is 3.52. The SMILES string of the molecule is COc1ccc(C(=O)N2N=C(c3ccc(Cl)cc3)C[C@@]2(O)C(C)(F)F)cc1. The number of nitrogens with zero attached hydrogens (tertiary/aromatic N) is 2. The second-order valence-corrected chi connectivity index (χ2v) is 6.72. The molecule has 0 fully saturated rings. The average Bonchev–Trinajstić information content (AvgIpc) is 3.00. The Hall–Kier alpha value is -2.51. The van der Waals surface area contributed by atoms with Crippen LogP contribution in [-0.2, 0) is 0 Å². The summed E-state index contributed by atoms with van der Waals surface area (Å²) in [5.74, 6) is -3.94. The zero-order valence-electron chi connectivity index (χ0n) is 14.6. The van der Waals surface area contributed by atoms with E-state index in [1.807, 2.05) is 0 Å². The number of hydrogen-bond donors (Lipinski definition) is 1. The Morgan fingerprint density at radius 1 is 1.22 bits per heavy atom. The third-order valence-electron chi connectivity index (χ3n) is 4.39. The first-order valence-corrected chi connectivity index (χ1v) is 8.46. The van der Waals surface area contributed by atoms with Crippen LogP contribution in [0.4, 0.5) is 8.78 Å². The molecule has 0 spiro atoms. The number of ether oxygens (including phenoxy) is 1. The molecule has 1 heterocycles. The third-order valence-corrected chi connectivity index (χ3v) is 4.65. The largest absolute Gasteiger partial charge is 0.497 e. The molecule has 1 N–H and O–H groups in total. The monoisotopic (exact) mass is 394 g/mol. The summed E-state index contributed by atoms with van der Waals surface area (Å²) in [5.41, 5.74) is -2.02. The quantitative estimate of drug-likeness (QED) is 0.854. The number of carbonyl (C=O) groups excluding carboxylic acids is 1. The molecule has 0 saturated carbocycles. The minimum absolute atomic E-state index is 0.0968. The number of amides is 1. The fraction of sp³-hybridized carbons (Fsp3) is 0.263. The Kier molecular flexibility index (Phi) is 4.92. The van der Waals surface area contributed by atoms with E-state index in [-0.39, 0.29) is 11.3 Å². The highest BCUT2D eigenvalue weighted by molar-refractivity contribution is 6.30. The molecule has 5 nitrogen and oxygen atoms in total. The fourth-order valence-electron chi connectivity index (χ4n) is 2.76. The molecule has 8 heteroatoms. The van der Waals surface area contributed by atoms with E-state index >= 15 is 0 Å². The van der Waals surface area contributed by atoms with Crippen molar-refractivity contribution < 1.29 is 23.4 Å². The Balaban J connectivity index is 2.01. The lowest BCUT2D eigenvalue weighted by Gasteiger charge is -2.35. The summed E-state index contributed by atoms with van der Waals surface area (Å²) in [6.45, 7) is 0.557. The minimum atomic E-state index is -3.60. The van der Waals surface area contributed by atoms with Gasteiger partial charge >= 0.3 is 0 Å². The van der Waals surface area contributed by atoms with Crippen LogP contribution in [0.25, 0.3) is 0 Å². The maximum Gasteiger partial charge on any atom is 0.294 e. The van der Waals surface area contributed by atoms with Crippen LogP contribution < -0.4 is 4.74 Å². The van der Waals surface area contributed by atoms with E-state index in [1.165, 1.54) is 31.4 Å². The highest BCUT2D eigenvalue weighted by Crippen LogP contribution is 2.41. The van der Waals surface area contributed by atoms with Crippen LogP contribution in [0.5, 0.6) is 5.75 Å². The van der Waals surface area contributed by atoms with Gasteiger partial charge in [-0.1, -0.05) is 23.7 Å². The molecule has 2 aromatic carbocycles. The molecule has 1 atom stereocenters. The molecule has 2 aromatic rings. The van der Waals surface area contributed by atoms with E-state index in [0.29, 0.717) is 28.3 Å². The molecular weight excluding hydrogens is 378 g/mol. The number of alkyl halides is 2. The van der Waals surface area contributed by atoms with Gasteiger partial charge in [-0.15, -0.1) is 0 Å². The van der Waals surface area contributed by atoms with Gasteiger partial charge in [0.25, 0.3) is 11.8 Å². The number of rotatable bonds is 4. The molecule has 1 amide bonds. The summed E-state index contributed by atoms with van der Waals surface area (Å²) in [6.07, 6.45) is -0.514. The van der Waals surface area contributed by atoms with Crippen LogP contribution in [0.15, 0.2) is 53.6 Å². The van der Waals surface area contributed by atoms with E-state index in [1.54, 1.807) is 24.3 Å². The average molecular weight is 395 g/mol. The van der Waals surface area contributed by atoms with Crippen LogP contribution in [0.1, 0.15) is 29.3 Å². The van der Waals surface area contributed by atoms with Crippen molar-refractivity contribution in [2.75, 3.05) is 7.11 Å². The van der Waals surface area contributed by atoms with Crippen LogP contribution in [-0.4, -0.2) is 40.5 Å². The van der Waals surface area contributed by atoms with Crippen molar-refractivity contribution in [1.29, 1.82) is 0 Å². The van der Waals surface area contributed by atoms with Crippen LogP contribution in [0.2, 0.25) is 5.02 Å². The summed E-state index contributed by atoms with van der Waals surface area (Å²) < 4.78 is 33.5. The van der Waals surface area contributed by atoms with Gasteiger partial charge in [0.2, 0.25) is 5.72 Å². The van der Waals surface area contributed by atoms with Crippen LogP contribution in [0, 0.1) is 0 Å². The number of aliphatic hydroxyl groups is 1. The van der Waals surface area contributed by atoms with Gasteiger partial charge in [0.05, 0.1) is 12.8 Å². The van der Waals surface area contributed by atoms with Gasteiger partial charge in [0, 0.05) is 23.9 Å². The molecule has 3 rings (SSSR count). The Bertz CT molecular complexity index is 879. The highest BCUT2D eigenvalue weighted by atomic mass is 35.5. The van der Waals surface area contributed by atoms with E-state index < -0.39 is 24.0 Å². The standard InChI is InChI=1S/C19H17ClF2N2O3/c1-18(21,22)19(26)11-16(12-3-7-14(20)8-4-12)23-24(19)17(25)13-5-9-15(27-2)10-6-13/h3-10,26H,11H2,1-2H3/t19-/m1/s1. The summed E-state index contributed by atoms with van der Waals surface area (Å²) >= 11 is 5.85. The number of hydrogen-bond acceptors (Lipinski definition) is 4. The van der Waals surface area contributed by atoms with Gasteiger partial charge in [-0.25, -0.2) is 8.78 Å². The van der Waals surface area contributed by atoms with Crippen molar-refractivity contribution in [2.45, 2.75) is 25.0 Å². The van der Waals surface area contributed by atoms with Gasteiger partial charge in [0.1, 0.15) is 5.75 Å². The van der Waals surface area contributed by atoms with E-state index in [4.69, 9.17) is 16.3 Å². The van der Waals surface area contributed by atoms with Gasteiger partial charge in [-0.2, -0.15) is 10.1 Å². The van der Waals surface area contributed by atoms with Crippen molar-refractivity contribution in [1.82, 2.24) is 5.01 Å². The Morgan fingerprint density at radius 2 is 1.81 bits per heavy atom. The summed E-state index contributed by atoms with van der Waals surface area (Å²) in [4.78, 5) is 12.8. The molecule has 0 saturated heterocycles. The van der Waals surface area contributed by atoms with Crippen LogP contribution >= 0.6 is 11.6 Å². The summed E-state index contributed by atoms with van der Waals surface area (Å²) in [5, 5.41) is 15.6. The van der Waals surface area contributed by atoms with Crippen molar-refractivity contribution in [3.63, 3.8) is 0 Å². The number of halogens is 3. The lowest BCUT2D eigenvalue weighted by atomic mass is 9.96. The maximum absolute atomic E-state index is 14.3. The second kappa shape index (κ2) is 6.90. The predicted octanol–water partition coefficient (Wildman–Crippen LogP) is 3.94. The molecule has 0 aliphatic carbocycles. The first kappa shape index (κ1) is 19.3. The number of methoxy groups -OCH3 is 1. The molecule has 27 heavy (non-hydrogen) atoms. The molecule has 1 aliphatic heterocycles. The molecule has 0 aromatic heterocycles. The topological polar surface area (TPSA) is 62.1 Å². The van der Waals surface area contributed by atoms with Gasteiger partial charge in [-0.05, 0) is 42.0 Å². The van der Waals surface area contributed by atoms with Gasteiger partial charge in [0.15, 0.2) is 0 Å². The molecule has 1 aliphatic rings. The lowest BCUT2D eigenvalue weighted by molar-refractivity contribution is -0.222.